The van der Waals surface area contributed by atoms with Gasteiger partial charge in [0.15, 0.2) is 0 Å². The lowest BCUT2D eigenvalue weighted by molar-refractivity contribution is -0.419. The molecule has 0 spiro atoms. The van der Waals surface area contributed by atoms with Gasteiger partial charge in [-0.3, -0.25) is 10.1 Å². The van der Waals surface area contributed by atoms with Gasteiger partial charge in [0, 0.05) is 6.08 Å². The molecule has 1 rings (SSSR count). The van der Waals surface area contributed by atoms with Crippen LogP contribution >= 0.6 is 0 Å². The lowest BCUT2D eigenvalue weighted by Gasteiger charge is -1.99. The van der Waals surface area contributed by atoms with E-state index in [0.717, 1.165) is 5.56 Å². The highest BCUT2D eigenvalue weighted by molar-refractivity contribution is 5.90. The van der Waals surface area contributed by atoms with E-state index in [1.807, 2.05) is 19.1 Å². The summed E-state index contributed by atoms with van der Waals surface area (Å²) in [7, 11) is 0. The molecule has 90 valence electrons. The molecule has 0 amide bonds. The van der Waals surface area contributed by atoms with Crippen molar-refractivity contribution in [2.75, 3.05) is 6.61 Å². The summed E-state index contributed by atoms with van der Waals surface area (Å²) in [5.74, 6) is -0.918. The van der Waals surface area contributed by atoms with Gasteiger partial charge in [0.1, 0.15) is 0 Å². The number of hydrogen-bond donors (Lipinski definition) is 0. The standard InChI is InChI=1S/C12H13NO4/c1-3-17-12(14)11(13(15)16)8-10-6-4-9(2)5-7-10/h4-8H,3H2,1-2H3/b11-8+. The summed E-state index contributed by atoms with van der Waals surface area (Å²) < 4.78 is 4.61. The van der Waals surface area contributed by atoms with Crippen LogP contribution in [0.2, 0.25) is 0 Å². The minimum atomic E-state index is -0.918. The Labute approximate surface area is 98.9 Å². The number of esters is 1. The van der Waals surface area contributed by atoms with E-state index in [2.05, 4.69) is 4.74 Å². The second-order valence-electron chi connectivity index (χ2n) is 3.42. The Bertz CT molecular complexity index is 448. The first kappa shape index (κ1) is 12.9. The van der Waals surface area contributed by atoms with Crippen LogP contribution in [0.1, 0.15) is 18.1 Å². The first-order chi connectivity index (χ1) is 8.04. The van der Waals surface area contributed by atoms with Gasteiger partial charge in [-0.2, -0.15) is 0 Å². The summed E-state index contributed by atoms with van der Waals surface area (Å²) >= 11 is 0. The highest BCUT2D eigenvalue weighted by Crippen LogP contribution is 2.10. The van der Waals surface area contributed by atoms with E-state index in [4.69, 9.17) is 0 Å². The van der Waals surface area contributed by atoms with Gasteiger partial charge in [0.2, 0.25) is 0 Å². The second-order valence-corrected chi connectivity index (χ2v) is 3.42. The van der Waals surface area contributed by atoms with Gasteiger partial charge < -0.3 is 4.74 Å². The van der Waals surface area contributed by atoms with E-state index < -0.39 is 16.6 Å². The Balaban J connectivity index is 3.02. The number of hydrogen-bond acceptors (Lipinski definition) is 4. The van der Waals surface area contributed by atoms with Crippen molar-refractivity contribution < 1.29 is 14.5 Å². The molecule has 0 N–H and O–H groups in total. The maximum absolute atomic E-state index is 11.3. The van der Waals surface area contributed by atoms with Gasteiger partial charge >= 0.3 is 11.7 Å². The topological polar surface area (TPSA) is 69.4 Å². The third-order valence-corrected chi connectivity index (χ3v) is 2.06. The molecule has 5 heteroatoms. The van der Waals surface area contributed by atoms with Crippen LogP contribution in [0.4, 0.5) is 0 Å². The molecule has 0 aliphatic carbocycles. The molecule has 0 fully saturated rings. The van der Waals surface area contributed by atoms with Crippen molar-refractivity contribution in [1.29, 1.82) is 0 Å². The van der Waals surface area contributed by atoms with Crippen molar-refractivity contribution in [3.8, 4) is 0 Å². The molecule has 0 radical (unpaired) electrons. The van der Waals surface area contributed by atoms with Crippen LogP contribution in [-0.4, -0.2) is 17.5 Å². The van der Waals surface area contributed by atoms with Crippen molar-refractivity contribution in [2.24, 2.45) is 0 Å². The van der Waals surface area contributed by atoms with Gasteiger partial charge in [0.05, 0.1) is 11.5 Å². The Morgan fingerprint density at radius 1 is 1.41 bits per heavy atom. The van der Waals surface area contributed by atoms with E-state index in [0.29, 0.717) is 5.56 Å². The number of nitro groups is 1. The number of rotatable bonds is 4. The molecule has 1 aromatic rings. The SMILES string of the molecule is CCOC(=O)/C(=C\c1ccc(C)cc1)[N+](=O)[O-]. The number of nitrogens with zero attached hydrogens (tertiary/aromatic N) is 1. The molecular formula is C12H13NO4. The van der Waals surface area contributed by atoms with Gasteiger partial charge in [-0.25, -0.2) is 4.79 Å². The zero-order valence-electron chi connectivity index (χ0n) is 9.67. The molecule has 0 heterocycles. The molecule has 0 unspecified atom stereocenters. The van der Waals surface area contributed by atoms with Crippen LogP contribution in [-0.2, 0) is 9.53 Å². The Morgan fingerprint density at radius 3 is 2.47 bits per heavy atom. The van der Waals surface area contributed by atoms with Crippen molar-refractivity contribution in [1.82, 2.24) is 0 Å². The number of carbonyl (C=O) groups is 1. The molecule has 0 saturated carbocycles. The van der Waals surface area contributed by atoms with E-state index in [1.165, 1.54) is 6.08 Å². The van der Waals surface area contributed by atoms with Crippen LogP contribution in [0.25, 0.3) is 6.08 Å². The molecule has 0 aliphatic rings. The molecule has 1 aromatic carbocycles. The normalized spacial score (nSPS) is 11.1. The fourth-order valence-corrected chi connectivity index (χ4v) is 1.21. The first-order valence-electron chi connectivity index (χ1n) is 5.14. The number of aryl methyl sites for hydroxylation is 1. The predicted molar refractivity (Wildman–Crippen MR) is 62.8 cm³/mol. The largest absolute Gasteiger partial charge is 0.458 e. The Kier molecular flexibility index (Phi) is 4.39. The minimum absolute atomic E-state index is 0.109. The van der Waals surface area contributed by atoms with Gasteiger partial charge in [0.25, 0.3) is 0 Å². The molecule has 0 aliphatic heterocycles. The summed E-state index contributed by atoms with van der Waals surface area (Å²) in [6, 6.07) is 7.04. The van der Waals surface area contributed by atoms with Gasteiger partial charge in [-0.15, -0.1) is 0 Å². The summed E-state index contributed by atoms with van der Waals surface area (Å²) in [5, 5.41) is 10.7. The summed E-state index contributed by atoms with van der Waals surface area (Å²) in [6.45, 7) is 3.62. The molecule has 0 atom stereocenters. The van der Waals surface area contributed by atoms with E-state index >= 15 is 0 Å². The minimum Gasteiger partial charge on any atom is -0.458 e. The van der Waals surface area contributed by atoms with Crippen LogP contribution in [0.5, 0.6) is 0 Å². The van der Waals surface area contributed by atoms with Gasteiger partial charge in [-0.05, 0) is 19.4 Å². The van der Waals surface area contributed by atoms with Crippen LogP contribution in [0.3, 0.4) is 0 Å². The molecular weight excluding hydrogens is 222 g/mol. The molecule has 17 heavy (non-hydrogen) atoms. The molecule has 5 nitrogen and oxygen atoms in total. The monoisotopic (exact) mass is 235 g/mol. The Morgan fingerprint density at radius 2 is 2.00 bits per heavy atom. The van der Waals surface area contributed by atoms with Crippen molar-refractivity contribution >= 4 is 12.0 Å². The van der Waals surface area contributed by atoms with Crippen LogP contribution < -0.4 is 0 Å². The zero-order chi connectivity index (χ0) is 12.8. The highest BCUT2D eigenvalue weighted by atomic mass is 16.6. The molecule has 0 aromatic heterocycles. The summed E-state index contributed by atoms with van der Waals surface area (Å²) in [4.78, 5) is 21.3. The van der Waals surface area contributed by atoms with Crippen molar-refractivity contribution in [2.45, 2.75) is 13.8 Å². The predicted octanol–water partition coefficient (Wildman–Crippen LogP) is 2.18. The third kappa shape index (κ3) is 3.71. The molecule has 0 saturated heterocycles. The molecule has 0 bridgehead atoms. The van der Waals surface area contributed by atoms with E-state index in [-0.39, 0.29) is 6.61 Å². The smallest absolute Gasteiger partial charge is 0.409 e. The summed E-state index contributed by atoms with van der Waals surface area (Å²) in [5.41, 5.74) is 1.08. The van der Waals surface area contributed by atoms with Crippen molar-refractivity contribution in [3.63, 3.8) is 0 Å². The Hall–Kier alpha value is -2.17. The van der Waals surface area contributed by atoms with E-state index in [1.54, 1.807) is 19.1 Å². The maximum atomic E-state index is 11.3. The lowest BCUT2D eigenvalue weighted by Crippen LogP contribution is -2.14. The average Bonchev–Trinajstić information content (AvgIpc) is 2.28. The fourth-order valence-electron chi connectivity index (χ4n) is 1.21. The van der Waals surface area contributed by atoms with Crippen molar-refractivity contribution in [3.05, 3.63) is 51.2 Å². The number of ether oxygens (including phenoxy) is 1. The number of carbonyl (C=O) groups excluding carboxylic acids is 1. The highest BCUT2D eigenvalue weighted by Gasteiger charge is 2.22. The second kappa shape index (κ2) is 5.79. The third-order valence-electron chi connectivity index (χ3n) is 2.06. The van der Waals surface area contributed by atoms with Gasteiger partial charge in [-0.1, -0.05) is 29.8 Å². The fraction of sp³-hybridized carbons (Fsp3) is 0.250. The van der Waals surface area contributed by atoms with Crippen LogP contribution in [0.15, 0.2) is 30.0 Å². The lowest BCUT2D eigenvalue weighted by atomic mass is 10.1. The summed E-state index contributed by atoms with van der Waals surface area (Å²) in [6.07, 6.45) is 1.21. The quantitative estimate of drug-likeness (QED) is 0.347. The first-order valence-corrected chi connectivity index (χ1v) is 5.14. The van der Waals surface area contributed by atoms with Crippen LogP contribution in [0, 0.1) is 17.0 Å². The number of benzene rings is 1. The maximum Gasteiger partial charge on any atom is 0.409 e. The zero-order valence-corrected chi connectivity index (χ0v) is 9.67. The average molecular weight is 235 g/mol. The van der Waals surface area contributed by atoms with E-state index in [9.17, 15) is 14.9 Å².